The van der Waals surface area contributed by atoms with Crippen LogP contribution in [0.2, 0.25) is 0 Å². The van der Waals surface area contributed by atoms with Crippen molar-refractivity contribution >= 4 is 33.6 Å². The van der Waals surface area contributed by atoms with E-state index in [0.717, 1.165) is 5.56 Å². The largest absolute Gasteiger partial charge is 0.207 e. The zero-order chi connectivity index (χ0) is 14.1. The van der Waals surface area contributed by atoms with E-state index in [1.165, 1.54) is 37.5 Å². The molecule has 0 amide bonds. The summed E-state index contributed by atoms with van der Waals surface area (Å²) in [5.74, 6) is -0.197. The Morgan fingerprint density at radius 2 is 1.70 bits per heavy atom. The number of hydrogen-bond donors (Lipinski definition) is 0. The van der Waals surface area contributed by atoms with E-state index in [1.54, 1.807) is 11.3 Å². The normalized spacial score (nSPS) is 13.3. The van der Waals surface area contributed by atoms with Crippen molar-refractivity contribution in [2.24, 2.45) is 0 Å². The molecule has 1 aromatic heterocycles. The van der Waals surface area contributed by atoms with Crippen LogP contribution in [0.4, 0.5) is 4.39 Å². The first-order valence-corrected chi connectivity index (χ1v) is 7.46. The molecular formula is C18H15FS. The zero-order valence-electron chi connectivity index (χ0n) is 11.5. The van der Waals surface area contributed by atoms with Gasteiger partial charge in [0.1, 0.15) is 5.82 Å². The Kier molecular flexibility index (Phi) is 3.41. The molecule has 0 N–H and O–H groups in total. The molecule has 0 aliphatic carbocycles. The quantitative estimate of drug-likeness (QED) is 0.624. The van der Waals surface area contributed by atoms with Crippen LogP contribution in [-0.4, -0.2) is 0 Å². The van der Waals surface area contributed by atoms with E-state index in [9.17, 15) is 4.39 Å². The molecule has 0 aliphatic rings. The highest BCUT2D eigenvalue weighted by Crippen LogP contribution is 2.29. The number of thiophene rings is 1. The van der Waals surface area contributed by atoms with E-state index in [1.807, 2.05) is 12.1 Å². The maximum atomic E-state index is 13.1. The van der Waals surface area contributed by atoms with Crippen molar-refractivity contribution in [1.82, 2.24) is 0 Å². The number of benzene rings is 2. The van der Waals surface area contributed by atoms with Crippen molar-refractivity contribution in [3.05, 3.63) is 58.0 Å². The average molecular weight is 282 g/mol. The minimum absolute atomic E-state index is 0.197. The lowest BCUT2D eigenvalue weighted by molar-refractivity contribution is 0.628. The van der Waals surface area contributed by atoms with Crippen molar-refractivity contribution in [1.29, 1.82) is 0 Å². The van der Waals surface area contributed by atoms with E-state index >= 15 is 0 Å². The molecule has 2 aromatic carbocycles. The maximum Gasteiger partial charge on any atom is 0.123 e. The summed E-state index contributed by atoms with van der Waals surface area (Å²) in [5, 5.41) is 2.56. The summed E-state index contributed by atoms with van der Waals surface area (Å²) in [6.45, 7) is 4.13. The summed E-state index contributed by atoms with van der Waals surface area (Å²) < 4.78 is 15.6. The number of fused-ring (bicyclic) bond motifs is 1. The summed E-state index contributed by atoms with van der Waals surface area (Å²) in [6.07, 6.45) is 4.30. The predicted octanol–water partition coefficient (Wildman–Crippen LogP) is 4.31. The molecule has 3 aromatic rings. The first-order chi connectivity index (χ1) is 9.74. The summed E-state index contributed by atoms with van der Waals surface area (Å²) in [7, 11) is 0. The Hall–Kier alpha value is -1.93. The number of rotatable bonds is 1. The molecule has 3 rings (SSSR count). The van der Waals surface area contributed by atoms with Crippen molar-refractivity contribution in [3.63, 3.8) is 0 Å². The van der Waals surface area contributed by atoms with E-state index < -0.39 is 0 Å². The molecule has 0 aliphatic heterocycles. The second-order valence-electron chi connectivity index (χ2n) is 4.65. The van der Waals surface area contributed by atoms with Crippen LogP contribution in [0.25, 0.3) is 33.4 Å². The highest BCUT2D eigenvalue weighted by molar-refractivity contribution is 7.17. The lowest BCUT2D eigenvalue weighted by Gasteiger charge is -2.03. The van der Waals surface area contributed by atoms with Gasteiger partial charge in [-0.15, -0.1) is 11.3 Å². The summed E-state index contributed by atoms with van der Waals surface area (Å²) in [6, 6.07) is 13.0. The van der Waals surface area contributed by atoms with Crippen LogP contribution in [0, 0.1) is 5.82 Å². The average Bonchev–Trinajstić information content (AvgIpc) is 2.85. The van der Waals surface area contributed by atoms with Crippen molar-refractivity contribution in [3.8, 4) is 11.1 Å². The topological polar surface area (TPSA) is 0 Å². The van der Waals surface area contributed by atoms with Gasteiger partial charge in [0.05, 0.1) is 0 Å². The summed E-state index contributed by atoms with van der Waals surface area (Å²) in [5.41, 5.74) is 2.23. The van der Waals surface area contributed by atoms with Gasteiger partial charge in [0.25, 0.3) is 0 Å². The molecule has 0 spiro atoms. The predicted molar refractivity (Wildman–Crippen MR) is 86.7 cm³/mol. The zero-order valence-corrected chi connectivity index (χ0v) is 12.3. The van der Waals surface area contributed by atoms with Gasteiger partial charge in [0.15, 0.2) is 0 Å². The number of halogens is 1. The fraction of sp³-hybridized carbons (Fsp3) is 0.111. The van der Waals surface area contributed by atoms with Gasteiger partial charge in [-0.2, -0.15) is 0 Å². The first kappa shape index (κ1) is 13.1. The Balaban J connectivity index is 2.38. The van der Waals surface area contributed by atoms with E-state index in [2.05, 4.69) is 44.2 Å². The Morgan fingerprint density at radius 3 is 2.35 bits per heavy atom. The number of hydrogen-bond acceptors (Lipinski definition) is 1. The van der Waals surface area contributed by atoms with E-state index in [4.69, 9.17) is 0 Å². The van der Waals surface area contributed by atoms with Crippen LogP contribution >= 0.6 is 11.3 Å². The fourth-order valence-electron chi connectivity index (χ4n) is 2.53. The third kappa shape index (κ3) is 2.06. The Bertz CT molecular complexity index is 870. The smallest absolute Gasteiger partial charge is 0.123 e. The van der Waals surface area contributed by atoms with E-state index in [0.29, 0.717) is 0 Å². The van der Waals surface area contributed by atoms with Gasteiger partial charge in [-0.1, -0.05) is 42.5 Å². The second kappa shape index (κ2) is 5.22. The molecule has 0 nitrogen and oxygen atoms in total. The van der Waals surface area contributed by atoms with Gasteiger partial charge in [-0.25, -0.2) is 4.39 Å². The lowest BCUT2D eigenvalue weighted by Crippen LogP contribution is -2.17. The van der Waals surface area contributed by atoms with Crippen LogP contribution in [0.15, 0.2) is 42.5 Å². The highest BCUT2D eigenvalue weighted by Gasteiger charge is 2.07. The Labute approximate surface area is 121 Å². The molecule has 2 heteroatoms. The second-order valence-corrected chi connectivity index (χ2v) is 5.70. The van der Waals surface area contributed by atoms with Crippen molar-refractivity contribution in [2.75, 3.05) is 0 Å². The van der Waals surface area contributed by atoms with Gasteiger partial charge in [0.2, 0.25) is 0 Å². The standard InChI is InChI=1S/C18H15FS/c1-3-14-16-7-5-6-15(18(16)20-17(14)4-2)12-8-10-13(19)11-9-12/h3-11H,1-2H3/b14-3-,17-4+. The monoisotopic (exact) mass is 282 g/mol. The van der Waals surface area contributed by atoms with Gasteiger partial charge in [0, 0.05) is 14.6 Å². The maximum absolute atomic E-state index is 13.1. The Morgan fingerprint density at radius 1 is 0.950 bits per heavy atom. The van der Waals surface area contributed by atoms with Crippen LogP contribution in [0.3, 0.4) is 0 Å². The van der Waals surface area contributed by atoms with Crippen molar-refractivity contribution < 1.29 is 4.39 Å². The molecule has 20 heavy (non-hydrogen) atoms. The third-order valence-corrected chi connectivity index (χ3v) is 4.81. The summed E-state index contributed by atoms with van der Waals surface area (Å²) in [4.78, 5) is 0. The van der Waals surface area contributed by atoms with Gasteiger partial charge < -0.3 is 0 Å². The van der Waals surface area contributed by atoms with Gasteiger partial charge >= 0.3 is 0 Å². The SMILES string of the molecule is C/C=c1\c(=C/C)sc2c(-c3ccc(F)cc3)cccc12. The van der Waals surface area contributed by atoms with Gasteiger partial charge in [-0.3, -0.25) is 0 Å². The molecule has 0 saturated heterocycles. The lowest BCUT2D eigenvalue weighted by atomic mass is 10.0. The molecular weight excluding hydrogens is 267 g/mol. The molecule has 0 fully saturated rings. The molecule has 0 radical (unpaired) electrons. The van der Waals surface area contributed by atoms with Crippen LogP contribution in [-0.2, 0) is 0 Å². The van der Waals surface area contributed by atoms with Crippen LogP contribution in [0.1, 0.15) is 13.8 Å². The molecule has 0 unspecified atom stereocenters. The van der Waals surface area contributed by atoms with Gasteiger partial charge in [-0.05, 0) is 42.3 Å². The van der Waals surface area contributed by atoms with Crippen LogP contribution < -0.4 is 9.75 Å². The van der Waals surface area contributed by atoms with Crippen molar-refractivity contribution in [2.45, 2.75) is 13.8 Å². The molecule has 0 saturated carbocycles. The third-order valence-electron chi connectivity index (χ3n) is 3.49. The molecule has 100 valence electrons. The molecule has 1 heterocycles. The highest BCUT2D eigenvalue weighted by atomic mass is 32.1. The first-order valence-electron chi connectivity index (χ1n) is 6.64. The molecule has 0 bridgehead atoms. The summed E-state index contributed by atoms with van der Waals surface area (Å²) >= 11 is 1.79. The van der Waals surface area contributed by atoms with E-state index in [-0.39, 0.29) is 5.82 Å². The fourth-order valence-corrected chi connectivity index (χ4v) is 3.79. The molecule has 0 atom stereocenters. The minimum Gasteiger partial charge on any atom is -0.207 e. The van der Waals surface area contributed by atoms with Crippen LogP contribution in [0.5, 0.6) is 0 Å². The minimum atomic E-state index is -0.197.